The molecule has 0 saturated carbocycles. The van der Waals surface area contributed by atoms with Gasteiger partial charge in [-0.2, -0.15) is 0 Å². The number of nitrogens with one attached hydrogen (secondary N) is 2. The molecular formula is C21H19ClN4O8. The third-order valence-corrected chi connectivity index (χ3v) is 5.14. The summed E-state index contributed by atoms with van der Waals surface area (Å²) in [4.78, 5) is 58.2. The monoisotopic (exact) mass is 490 g/mol. The van der Waals surface area contributed by atoms with Crippen LogP contribution in [0.25, 0.3) is 0 Å². The van der Waals surface area contributed by atoms with E-state index in [4.69, 9.17) is 21.1 Å². The van der Waals surface area contributed by atoms with Gasteiger partial charge in [0.25, 0.3) is 11.6 Å². The molecule has 3 rings (SSSR count). The number of rotatable bonds is 8. The van der Waals surface area contributed by atoms with Crippen molar-refractivity contribution in [2.45, 2.75) is 24.8 Å². The number of β-lactam (4-membered cyclic amide) rings is 1. The number of carbonyl (C=O) groups excluding carboxylic acids is 4. The smallest absolute Gasteiger partial charge is 0.308 e. The quantitative estimate of drug-likeness (QED) is 0.108. The SMILES string of the molecule is COc1cc([C@@H]2[C@H](Cl)C(=O)N2NC(=O)CC(=O)Nc2cccc([N+](=O)[O-])c2)ccc1OC(C)=O. The first-order valence-corrected chi connectivity index (χ1v) is 10.2. The first-order chi connectivity index (χ1) is 16.1. The van der Waals surface area contributed by atoms with Crippen LogP contribution in [0.4, 0.5) is 11.4 Å². The molecule has 1 aliphatic rings. The molecule has 34 heavy (non-hydrogen) atoms. The summed E-state index contributed by atoms with van der Waals surface area (Å²) in [6, 6.07) is 9.00. The van der Waals surface area contributed by atoms with Crippen molar-refractivity contribution in [1.82, 2.24) is 10.4 Å². The number of methoxy groups -OCH3 is 1. The second-order valence-electron chi connectivity index (χ2n) is 7.13. The highest BCUT2D eigenvalue weighted by atomic mass is 35.5. The Morgan fingerprint density at radius 3 is 2.53 bits per heavy atom. The van der Waals surface area contributed by atoms with Gasteiger partial charge >= 0.3 is 5.97 Å². The molecule has 2 aromatic rings. The van der Waals surface area contributed by atoms with Crippen molar-refractivity contribution in [3.63, 3.8) is 0 Å². The van der Waals surface area contributed by atoms with Gasteiger partial charge in [0.15, 0.2) is 11.5 Å². The van der Waals surface area contributed by atoms with Gasteiger partial charge in [-0.15, -0.1) is 11.6 Å². The van der Waals surface area contributed by atoms with Gasteiger partial charge in [-0.05, 0) is 23.8 Å². The van der Waals surface area contributed by atoms with E-state index in [0.29, 0.717) is 5.56 Å². The average Bonchev–Trinajstić information content (AvgIpc) is 2.78. The Hall–Kier alpha value is -4.19. The van der Waals surface area contributed by atoms with Crippen molar-refractivity contribution < 1.29 is 33.6 Å². The fraction of sp³-hybridized carbons (Fsp3) is 0.238. The molecule has 1 saturated heterocycles. The van der Waals surface area contributed by atoms with Gasteiger partial charge in [0, 0.05) is 24.7 Å². The molecule has 0 radical (unpaired) electrons. The highest BCUT2D eigenvalue weighted by molar-refractivity contribution is 6.33. The van der Waals surface area contributed by atoms with Crippen LogP contribution in [-0.4, -0.2) is 46.1 Å². The maximum Gasteiger partial charge on any atom is 0.308 e. The average molecular weight is 491 g/mol. The second-order valence-corrected chi connectivity index (χ2v) is 7.60. The standard InChI is InChI=1S/C21H19ClN4O8/c1-11(27)34-15-7-6-12(8-16(15)33-2)20-19(22)21(30)25(20)24-18(29)10-17(28)23-13-4-3-5-14(9-13)26(31)32/h3-9,19-20H,10H2,1-2H3,(H,23,28)(H,24,29)/t19-,20+/m0/s1. The van der Waals surface area contributed by atoms with Gasteiger partial charge in [0.2, 0.25) is 11.8 Å². The van der Waals surface area contributed by atoms with Crippen LogP contribution in [0.15, 0.2) is 42.5 Å². The van der Waals surface area contributed by atoms with E-state index in [1.807, 2.05) is 0 Å². The number of ether oxygens (including phenoxy) is 2. The Morgan fingerprint density at radius 2 is 1.88 bits per heavy atom. The number of anilines is 1. The van der Waals surface area contributed by atoms with Crippen molar-refractivity contribution in [2.24, 2.45) is 0 Å². The number of carbonyl (C=O) groups is 4. The molecule has 2 atom stereocenters. The lowest BCUT2D eigenvalue weighted by atomic mass is 9.95. The number of amides is 3. The van der Waals surface area contributed by atoms with Crippen LogP contribution in [0, 0.1) is 10.1 Å². The molecule has 0 spiro atoms. The molecule has 13 heteroatoms. The number of non-ortho nitro benzene ring substituents is 1. The van der Waals surface area contributed by atoms with Crippen LogP contribution in [-0.2, 0) is 19.2 Å². The lowest BCUT2D eigenvalue weighted by Gasteiger charge is -2.44. The Bertz CT molecular complexity index is 1170. The van der Waals surface area contributed by atoms with Gasteiger partial charge < -0.3 is 14.8 Å². The number of hydrogen-bond acceptors (Lipinski definition) is 8. The van der Waals surface area contributed by atoms with E-state index >= 15 is 0 Å². The molecule has 0 aromatic heterocycles. The summed E-state index contributed by atoms with van der Waals surface area (Å²) in [7, 11) is 1.37. The van der Waals surface area contributed by atoms with E-state index in [1.165, 1.54) is 44.4 Å². The zero-order chi connectivity index (χ0) is 25.0. The minimum Gasteiger partial charge on any atom is -0.493 e. The van der Waals surface area contributed by atoms with Gasteiger partial charge in [-0.25, -0.2) is 5.01 Å². The van der Waals surface area contributed by atoms with Crippen molar-refractivity contribution in [3.05, 3.63) is 58.1 Å². The van der Waals surface area contributed by atoms with Crippen LogP contribution >= 0.6 is 11.6 Å². The molecule has 1 aliphatic heterocycles. The number of nitrogens with zero attached hydrogens (tertiary/aromatic N) is 2. The summed E-state index contributed by atoms with van der Waals surface area (Å²) >= 11 is 6.15. The molecule has 0 bridgehead atoms. The number of alkyl halides is 1. The summed E-state index contributed by atoms with van der Waals surface area (Å²) in [5.41, 5.74) is 2.76. The van der Waals surface area contributed by atoms with Gasteiger partial charge in [-0.1, -0.05) is 12.1 Å². The highest BCUT2D eigenvalue weighted by Gasteiger charge is 2.48. The van der Waals surface area contributed by atoms with Crippen LogP contribution in [0.3, 0.4) is 0 Å². The summed E-state index contributed by atoms with van der Waals surface area (Å²) < 4.78 is 10.3. The molecule has 3 amide bonds. The zero-order valence-electron chi connectivity index (χ0n) is 17.9. The van der Waals surface area contributed by atoms with Crippen LogP contribution < -0.4 is 20.2 Å². The lowest BCUT2D eigenvalue weighted by Crippen LogP contribution is -2.63. The number of halogens is 1. The molecule has 2 N–H and O–H groups in total. The third kappa shape index (κ3) is 5.41. The number of nitro benzene ring substituents is 1. The van der Waals surface area contributed by atoms with Crippen molar-refractivity contribution in [2.75, 3.05) is 12.4 Å². The first-order valence-electron chi connectivity index (χ1n) is 9.78. The third-order valence-electron chi connectivity index (χ3n) is 4.72. The zero-order valence-corrected chi connectivity index (χ0v) is 18.7. The highest BCUT2D eigenvalue weighted by Crippen LogP contribution is 2.40. The first kappa shape index (κ1) is 24.5. The number of nitro groups is 1. The van der Waals surface area contributed by atoms with Gasteiger partial charge in [0.1, 0.15) is 17.8 Å². The summed E-state index contributed by atoms with van der Waals surface area (Å²) in [5.74, 6) is -2.27. The second kappa shape index (κ2) is 10.2. The van der Waals surface area contributed by atoms with Crippen LogP contribution in [0.1, 0.15) is 24.9 Å². The summed E-state index contributed by atoms with van der Waals surface area (Å²) in [5, 5.41) is 13.2. The van der Waals surface area contributed by atoms with E-state index in [0.717, 1.165) is 11.1 Å². The predicted molar refractivity (Wildman–Crippen MR) is 118 cm³/mol. The molecule has 0 aliphatic carbocycles. The van der Waals surface area contributed by atoms with E-state index in [2.05, 4.69) is 10.7 Å². The van der Waals surface area contributed by atoms with E-state index in [1.54, 1.807) is 6.07 Å². The fourth-order valence-electron chi connectivity index (χ4n) is 3.23. The molecule has 2 aromatic carbocycles. The molecular weight excluding hydrogens is 472 g/mol. The van der Waals surface area contributed by atoms with Crippen molar-refractivity contribution in [3.8, 4) is 11.5 Å². The number of hydrazine groups is 1. The largest absolute Gasteiger partial charge is 0.493 e. The maximum absolute atomic E-state index is 12.4. The number of esters is 1. The maximum atomic E-state index is 12.4. The van der Waals surface area contributed by atoms with Crippen molar-refractivity contribution >= 4 is 46.7 Å². The molecule has 1 fully saturated rings. The summed E-state index contributed by atoms with van der Waals surface area (Å²) in [6.07, 6.45) is -0.652. The number of hydrogen-bond donors (Lipinski definition) is 2. The lowest BCUT2D eigenvalue weighted by molar-refractivity contribution is -0.384. The van der Waals surface area contributed by atoms with Crippen LogP contribution in [0.2, 0.25) is 0 Å². The molecule has 178 valence electrons. The van der Waals surface area contributed by atoms with E-state index in [-0.39, 0.29) is 22.9 Å². The minimum atomic E-state index is -0.983. The van der Waals surface area contributed by atoms with E-state index in [9.17, 15) is 29.3 Å². The van der Waals surface area contributed by atoms with Crippen molar-refractivity contribution in [1.29, 1.82) is 0 Å². The Labute approximate surface area is 197 Å². The van der Waals surface area contributed by atoms with Crippen LogP contribution in [0.5, 0.6) is 11.5 Å². The molecule has 1 heterocycles. The Balaban J connectivity index is 1.66. The Morgan fingerprint density at radius 1 is 1.15 bits per heavy atom. The summed E-state index contributed by atoms with van der Waals surface area (Å²) in [6.45, 7) is 1.24. The topological polar surface area (TPSA) is 157 Å². The van der Waals surface area contributed by atoms with E-state index < -0.39 is 46.5 Å². The minimum absolute atomic E-state index is 0.144. The molecule has 0 unspecified atom stereocenters. The van der Waals surface area contributed by atoms with Gasteiger partial charge in [0.05, 0.1) is 12.0 Å². The normalized spacial score (nSPS) is 16.8. The molecule has 12 nitrogen and oxygen atoms in total. The number of benzene rings is 2. The Kier molecular flexibility index (Phi) is 7.31. The fourth-order valence-corrected chi connectivity index (χ4v) is 3.59. The predicted octanol–water partition coefficient (Wildman–Crippen LogP) is 2.08. The van der Waals surface area contributed by atoms with Gasteiger partial charge in [-0.3, -0.25) is 34.7 Å².